The van der Waals surface area contributed by atoms with E-state index in [1.54, 1.807) is 6.33 Å². The van der Waals surface area contributed by atoms with E-state index < -0.39 is 0 Å². The molecule has 3 rings (SSSR count). The number of hydrogen-bond donors (Lipinski definition) is 1. The first-order valence-corrected chi connectivity index (χ1v) is 7.18. The third-order valence-electron chi connectivity index (χ3n) is 3.51. The summed E-state index contributed by atoms with van der Waals surface area (Å²) in [5.41, 5.74) is 2.18. The second kappa shape index (κ2) is 5.65. The number of benzene rings is 1. The molecule has 1 N–H and O–H groups in total. The molecule has 0 aliphatic heterocycles. The largest absolute Gasteiger partial charge is 0.314 e. The Balaban J connectivity index is 2.02. The molecule has 1 aromatic carbocycles. The van der Waals surface area contributed by atoms with Gasteiger partial charge in [-0.05, 0) is 27.0 Å². The Hall–Kier alpha value is -2.21. The molecule has 2 aromatic heterocycles. The SMILES string of the molecule is CNCc1nn(Cc2ncnn2C(C)C)c2ccccc12. The molecule has 0 bridgehead atoms. The van der Waals surface area contributed by atoms with Crippen molar-refractivity contribution in [2.45, 2.75) is 33.0 Å². The Kier molecular flexibility index (Phi) is 3.70. The predicted molar refractivity (Wildman–Crippen MR) is 82.0 cm³/mol. The summed E-state index contributed by atoms with van der Waals surface area (Å²) in [6.45, 7) is 5.59. The van der Waals surface area contributed by atoms with E-state index in [0.29, 0.717) is 12.6 Å². The molecule has 6 heteroatoms. The summed E-state index contributed by atoms with van der Waals surface area (Å²) < 4.78 is 3.94. The number of fused-ring (bicyclic) bond motifs is 1. The molecular formula is C15H20N6. The highest BCUT2D eigenvalue weighted by Crippen LogP contribution is 2.19. The van der Waals surface area contributed by atoms with Gasteiger partial charge in [-0.2, -0.15) is 10.2 Å². The smallest absolute Gasteiger partial charge is 0.148 e. The zero-order valence-electron chi connectivity index (χ0n) is 12.6. The van der Waals surface area contributed by atoms with Gasteiger partial charge in [0, 0.05) is 18.0 Å². The van der Waals surface area contributed by atoms with Crippen molar-refractivity contribution in [3.05, 3.63) is 42.1 Å². The molecular weight excluding hydrogens is 264 g/mol. The number of nitrogens with one attached hydrogen (secondary N) is 1. The van der Waals surface area contributed by atoms with Crippen molar-refractivity contribution in [2.75, 3.05) is 7.05 Å². The fourth-order valence-corrected chi connectivity index (χ4v) is 2.57. The van der Waals surface area contributed by atoms with Crippen LogP contribution < -0.4 is 5.32 Å². The van der Waals surface area contributed by atoms with E-state index in [0.717, 1.165) is 23.6 Å². The number of hydrogen-bond acceptors (Lipinski definition) is 4. The van der Waals surface area contributed by atoms with Crippen molar-refractivity contribution >= 4 is 10.9 Å². The summed E-state index contributed by atoms with van der Waals surface area (Å²) in [6, 6.07) is 8.58. The first kappa shape index (κ1) is 13.8. The number of nitrogens with zero attached hydrogens (tertiary/aromatic N) is 5. The van der Waals surface area contributed by atoms with Crippen molar-refractivity contribution in [3.63, 3.8) is 0 Å². The van der Waals surface area contributed by atoms with Crippen LogP contribution in [0.3, 0.4) is 0 Å². The third kappa shape index (κ3) is 2.54. The van der Waals surface area contributed by atoms with Gasteiger partial charge in [0.05, 0.1) is 11.2 Å². The molecule has 0 fully saturated rings. The highest BCUT2D eigenvalue weighted by molar-refractivity contribution is 5.81. The second-order valence-corrected chi connectivity index (χ2v) is 5.37. The zero-order valence-corrected chi connectivity index (χ0v) is 12.6. The van der Waals surface area contributed by atoms with Crippen LogP contribution in [0.25, 0.3) is 10.9 Å². The lowest BCUT2D eigenvalue weighted by atomic mass is 10.2. The molecule has 0 saturated carbocycles. The van der Waals surface area contributed by atoms with Gasteiger partial charge in [0.2, 0.25) is 0 Å². The number of rotatable bonds is 5. The standard InChI is InChI=1S/C15H20N6/c1-11(2)21-15(17-10-18-21)9-20-14-7-5-4-6-12(14)13(19-20)8-16-3/h4-7,10-11,16H,8-9H2,1-3H3. The quantitative estimate of drug-likeness (QED) is 0.778. The Labute approximate surface area is 123 Å². The lowest BCUT2D eigenvalue weighted by molar-refractivity contribution is 0.489. The molecule has 0 aliphatic rings. The first-order chi connectivity index (χ1) is 10.2. The first-order valence-electron chi connectivity index (χ1n) is 7.18. The van der Waals surface area contributed by atoms with E-state index in [9.17, 15) is 0 Å². The number of aromatic nitrogens is 5. The predicted octanol–water partition coefficient (Wildman–Crippen LogP) is 1.98. The molecule has 21 heavy (non-hydrogen) atoms. The van der Waals surface area contributed by atoms with Crippen molar-refractivity contribution < 1.29 is 0 Å². The summed E-state index contributed by atoms with van der Waals surface area (Å²) in [6.07, 6.45) is 1.61. The van der Waals surface area contributed by atoms with Gasteiger partial charge in [-0.15, -0.1) is 0 Å². The van der Waals surface area contributed by atoms with Crippen LogP contribution in [0.15, 0.2) is 30.6 Å². The highest BCUT2D eigenvalue weighted by atomic mass is 15.4. The molecule has 110 valence electrons. The van der Waals surface area contributed by atoms with Crippen LogP contribution in [0.2, 0.25) is 0 Å². The maximum Gasteiger partial charge on any atom is 0.148 e. The van der Waals surface area contributed by atoms with E-state index in [2.05, 4.69) is 41.4 Å². The van der Waals surface area contributed by atoms with E-state index in [1.807, 2.05) is 28.5 Å². The van der Waals surface area contributed by atoms with E-state index in [-0.39, 0.29) is 0 Å². The summed E-state index contributed by atoms with van der Waals surface area (Å²) in [4.78, 5) is 4.37. The van der Waals surface area contributed by atoms with Crippen LogP contribution in [-0.2, 0) is 13.1 Å². The normalized spacial score (nSPS) is 11.6. The van der Waals surface area contributed by atoms with Crippen LogP contribution in [0.1, 0.15) is 31.4 Å². The molecule has 0 amide bonds. The van der Waals surface area contributed by atoms with Gasteiger partial charge in [0.1, 0.15) is 18.7 Å². The molecule has 6 nitrogen and oxygen atoms in total. The zero-order chi connectivity index (χ0) is 14.8. The fraction of sp³-hybridized carbons (Fsp3) is 0.400. The van der Waals surface area contributed by atoms with Gasteiger partial charge in [-0.25, -0.2) is 9.67 Å². The summed E-state index contributed by atoms with van der Waals surface area (Å²) in [5.74, 6) is 0.925. The molecule has 0 spiro atoms. The molecule has 0 radical (unpaired) electrons. The summed E-state index contributed by atoms with van der Waals surface area (Å²) >= 11 is 0. The van der Waals surface area contributed by atoms with Gasteiger partial charge in [-0.1, -0.05) is 18.2 Å². The van der Waals surface area contributed by atoms with Gasteiger partial charge in [0.25, 0.3) is 0 Å². The van der Waals surface area contributed by atoms with E-state index in [4.69, 9.17) is 5.10 Å². The molecule has 3 aromatic rings. The van der Waals surface area contributed by atoms with Crippen LogP contribution in [0, 0.1) is 0 Å². The van der Waals surface area contributed by atoms with Gasteiger partial charge in [-0.3, -0.25) is 4.68 Å². The maximum atomic E-state index is 4.73. The van der Waals surface area contributed by atoms with Crippen LogP contribution >= 0.6 is 0 Å². The Morgan fingerprint density at radius 3 is 2.81 bits per heavy atom. The van der Waals surface area contributed by atoms with Crippen molar-refractivity contribution in [3.8, 4) is 0 Å². The average Bonchev–Trinajstić information content (AvgIpc) is 3.06. The minimum Gasteiger partial charge on any atom is -0.314 e. The lowest BCUT2D eigenvalue weighted by Gasteiger charge is -2.09. The minimum atomic E-state index is 0.293. The lowest BCUT2D eigenvalue weighted by Crippen LogP contribution is -2.13. The monoisotopic (exact) mass is 284 g/mol. The Morgan fingerprint density at radius 1 is 1.24 bits per heavy atom. The topological polar surface area (TPSA) is 60.6 Å². The van der Waals surface area contributed by atoms with Crippen LogP contribution in [0.4, 0.5) is 0 Å². The average molecular weight is 284 g/mol. The summed E-state index contributed by atoms with van der Waals surface area (Å²) in [7, 11) is 1.93. The second-order valence-electron chi connectivity index (χ2n) is 5.37. The van der Waals surface area contributed by atoms with Gasteiger partial charge in [0.15, 0.2) is 0 Å². The fourth-order valence-electron chi connectivity index (χ4n) is 2.57. The Bertz CT molecular complexity index is 740. The van der Waals surface area contributed by atoms with Crippen molar-refractivity contribution in [1.82, 2.24) is 29.9 Å². The van der Waals surface area contributed by atoms with Gasteiger partial charge >= 0.3 is 0 Å². The van der Waals surface area contributed by atoms with E-state index in [1.165, 1.54) is 5.39 Å². The van der Waals surface area contributed by atoms with E-state index >= 15 is 0 Å². The van der Waals surface area contributed by atoms with Gasteiger partial charge < -0.3 is 5.32 Å². The summed E-state index contributed by atoms with van der Waals surface area (Å²) in [5, 5.41) is 13.4. The molecule has 0 aliphatic carbocycles. The van der Waals surface area contributed by atoms with Crippen molar-refractivity contribution in [1.29, 1.82) is 0 Å². The maximum absolute atomic E-state index is 4.73. The van der Waals surface area contributed by atoms with Crippen molar-refractivity contribution in [2.24, 2.45) is 0 Å². The molecule has 0 unspecified atom stereocenters. The number of para-hydroxylation sites is 1. The minimum absolute atomic E-state index is 0.293. The molecule has 0 saturated heterocycles. The highest BCUT2D eigenvalue weighted by Gasteiger charge is 2.13. The third-order valence-corrected chi connectivity index (χ3v) is 3.51. The molecule has 0 atom stereocenters. The van der Waals surface area contributed by atoms with Crippen LogP contribution in [-0.4, -0.2) is 31.6 Å². The Morgan fingerprint density at radius 2 is 2.05 bits per heavy atom. The van der Waals surface area contributed by atoms with Crippen LogP contribution in [0.5, 0.6) is 0 Å². The molecule has 2 heterocycles.